The molecular weight excluding hydrogens is 518 g/mol. The molecule has 0 aromatic carbocycles. The van der Waals surface area contributed by atoms with Gasteiger partial charge in [-0.15, -0.1) is 0 Å². The second-order valence-corrected chi connectivity index (χ2v) is 8.55. The third-order valence-corrected chi connectivity index (χ3v) is 5.72. The molecule has 3 unspecified atom stereocenters. The third kappa shape index (κ3) is 15.3. The standard InChI is InChI=1S/C18H33B4IN6O3/c19-25-11-5-2-8-14(28-21)17(31)24-10-4-1-7-13(16(23)30)27-18(32)15(29-22)9-3-6-12-26-20/h13-15,25-26,28-29H,1-12H2,(H,24,31)(H,27,32). The number of rotatable bonds is 21. The molecule has 2 amide bonds. The molecule has 0 aliphatic heterocycles. The molecule has 0 rings (SSSR count). The van der Waals surface area contributed by atoms with E-state index >= 15 is 0 Å². The van der Waals surface area contributed by atoms with Gasteiger partial charge in [0, 0.05) is 29.1 Å². The number of carbonyl (C=O) groups excluding carboxylic acids is 3. The van der Waals surface area contributed by atoms with Gasteiger partial charge in [0.15, 0.2) is 31.9 Å². The Labute approximate surface area is 211 Å². The molecule has 0 aliphatic carbocycles. The normalized spacial score (nSPS) is 13.8. The molecule has 0 heterocycles. The predicted molar refractivity (Wildman–Crippen MR) is 138 cm³/mol. The Balaban J connectivity index is 4.27. The molecule has 3 atom stereocenters. The number of halogens is 1. The van der Waals surface area contributed by atoms with Crippen molar-refractivity contribution in [2.75, 3.05) is 19.6 Å². The Kier molecular flexibility index (Phi) is 20.6. The monoisotopic (exact) mass is 552 g/mol. The summed E-state index contributed by atoms with van der Waals surface area (Å²) < 4.78 is -0.151. The molecule has 0 spiro atoms. The maximum atomic E-state index is 12.4. The molecule has 0 saturated heterocycles. The summed E-state index contributed by atoms with van der Waals surface area (Å²) in [7, 11) is 21.4. The minimum Gasteiger partial charge on any atom is -0.366 e. The zero-order valence-electron chi connectivity index (χ0n) is 18.6. The van der Waals surface area contributed by atoms with Crippen molar-refractivity contribution >= 4 is 70.1 Å². The zero-order chi connectivity index (χ0) is 24.2. The molecule has 0 aromatic rings. The molecule has 172 valence electrons. The van der Waals surface area contributed by atoms with Crippen LogP contribution in [-0.4, -0.2) is 85.3 Å². The Morgan fingerprint density at radius 2 is 1.06 bits per heavy atom. The lowest BCUT2D eigenvalue weighted by Crippen LogP contribution is -2.49. The van der Waals surface area contributed by atoms with Crippen LogP contribution < -0.4 is 31.5 Å². The van der Waals surface area contributed by atoms with Gasteiger partial charge in [0.1, 0.15) is 0 Å². The number of amides is 2. The summed E-state index contributed by atoms with van der Waals surface area (Å²) in [4.78, 5) is 36.5. The second-order valence-electron chi connectivity index (χ2n) is 7.49. The lowest BCUT2D eigenvalue weighted by Gasteiger charge is -2.21. The lowest BCUT2D eigenvalue weighted by atomic mass is 10.0. The van der Waals surface area contributed by atoms with Gasteiger partial charge in [-0.1, -0.05) is 12.8 Å². The van der Waals surface area contributed by atoms with Crippen LogP contribution in [0.5, 0.6) is 0 Å². The van der Waals surface area contributed by atoms with Gasteiger partial charge in [0.25, 0.3) is 0 Å². The molecule has 8 radical (unpaired) electrons. The highest BCUT2D eigenvalue weighted by Crippen LogP contribution is 2.08. The van der Waals surface area contributed by atoms with Gasteiger partial charge in [-0.05, 0) is 58.0 Å². The lowest BCUT2D eigenvalue weighted by molar-refractivity contribution is -0.126. The van der Waals surface area contributed by atoms with Crippen molar-refractivity contribution < 1.29 is 14.4 Å². The molecule has 0 bridgehead atoms. The topological polar surface area (TPSA) is 123 Å². The van der Waals surface area contributed by atoms with E-state index in [1.807, 2.05) is 0 Å². The highest BCUT2D eigenvalue weighted by molar-refractivity contribution is 14.1. The van der Waals surface area contributed by atoms with Crippen LogP contribution in [0, 0.1) is 0 Å². The first-order valence-corrected chi connectivity index (χ1v) is 12.1. The maximum Gasteiger partial charge on any atom is 0.236 e. The van der Waals surface area contributed by atoms with E-state index in [1.54, 1.807) is 22.6 Å². The van der Waals surface area contributed by atoms with Gasteiger partial charge < -0.3 is 31.5 Å². The number of nitrogens with one attached hydrogen (secondary N) is 6. The SMILES string of the molecule is [B]NCCCCC(N[B])C(=O)NCCCCC(NC(=O)C(CCCCN[B])N[B])C(=O)I. The largest absolute Gasteiger partial charge is 0.366 e. The van der Waals surface area contributed by atoms with Gasteiger partial charge >= 0.3 is 0 Å². The van der Waals surface area contributed by atoms with E-state index in [1.165, 1.54) is 0 Å². The number of hydrogen-bond acceptors (Lipinski definition) is 7. The summed E-state index contributed by atoms with van der Waals surface area (Å²) in [5.41, 5.74) is 0. The Hall–Kier alpha value is -0.560. The fourth-order valence-corrected chi connectivity index (χ4v) is 3.52. The van der Waals surface area contributed by atoms with Gasteiger partial charge in [-0.3, -0.25) is 14.4 Å². The fraction of sp³-hybridized carbons (Fsp3) is 0.833. The summed E-state index contributed by atoms with van der Waals surface area (Å²) in [5.74, 6) is -0.469. The number of hydrogen-bond donors (Lipinski definition) is 6. The summed E-state index contributed by atoms with van der Waals surface area (Å²) in [6.45, 7) is 1.79. The summed E-state index contributed by atoms with van der Waals surface area (Å²) >= 11 is 1.69. The molecule has 0 saturated carbocycles. The molecule has 9 nitrogen and oxygen atoms in total. The molecule has 6 N–H and O–H groups in total. The summed E-state index contributed by atoms with van der Waals surface area (Å²) in [6, 6.07) is -1.64. The third-order valence-electron chi connectivity index (χ3n) is 4.97. The fourth-order valence-electron chi connectivity index (χ4n) is 3.05. The van der Waals surface area contributed by atoms with E-state index in [0.717, 1.165) is 25.7 Å². The van der Waals surface area contributed by atoms with Gasteiger partial charge in [-0.25, -0.2) is 0 Å². The van der Waals surface area contributed by atoms with Crippen LogP contribution in [0.4, 0.5) is 0 Å². The first-order valence-electron chi connectivity index (χ1n) is 11.0. The van der Waals surface area contributed by atoms with Gasteiger partial charge in [0.05, 0.1) is 18.1 Å². The minimum absolute atomic E-state index is 0.151. The van der Waals surface area contributed by atoms with Crippen LogP contribution in [0.2, 0.25) is 0 Å². The first-order chi connectivity index (χ1) is 15.4. The predicted octanol–water partition coefficient (Wildman–Crippen LogP) is -1.51. The smallest absolute Gasteiger partial charge is 0.236 e. The number of carbonyl (C=O) groups is 3. The average Bonchev–Trinajstić information content (AvgIpc) is 2.77. The molecular formula is C18H33B4IN6O3. The van der Waals surface area contributed by atoms with E-state index < -0.39 is 18.1 Å². The highest BCUT2D eigenvalue weighted by Gasteiger charge is 2.23. The van der Waals surface area contributed by atoms with Crippen molar-refractivity contribution in [3.05, 3.63) is 0 Å². The van der Waals surface area contributed by atoms with E-state index in [9.17, 15) is 14.4 Å². The van der Waals surface area contributed by atoms with Crippen LogP contribution in [-0.2, 0) is 14.4 Å². The van der Waals surface area contributed by atoms with Crippen molar-refractivity contribution in [3.63, 3.8) is 0 Å². The van der Waals surface area contributed by atoms with Gasteiger partial charge in [0.2, 0.25) is 15.6 Å². The van der Waals surface area contributed by atoms with E-state index in [-0.39, 0.29) is 15.6 Å². The zero-order valence-corrected chi connectivity index (χ0v) is 20.8. The Bertz CT molecular complexity index is 539. The second kappa shape index (κ2) is 21.0. The molecule has 32 heavy (non-hydrogen) atoms. The number of unbranched alkanes of at least 4 members (excludes halogenated alkanes) is 3. The average molecular weight is 552 g/mol. The minimum atomic E-state index is -0.602. The van der Waals surface area contributed by atoms with Crippen molar-refractivity contribution in [3.8, 4) is 0 Å². The highest BCUT2D eigenvalue weighted by atomic mass is 127. The van der Waals surface area contributed by atoms with E-state index in [4.69, 9.17) is 31.9 Å². The van der Waals surface area contributed by atoms with Gasteiger partial charge in [-0.2, -0.15) is 0 Å². The summed E-state index contributed by atoms with van der Waals surface area (Å²) in [6.07, 6.45) is 6.19. The van der Waals surface area contributed by atoms with Crippen molar-refractivity contribution in [1.82, 2.24) is 31.5 Å². The van der Waals surface area contributed by atoms with Crippen molar-refractivity contribution in [2.24, 2.45) is 0 Å². The van der Waals surface area contributed by atoms with Crippen molar-refractivity contribution in [1.29, 1.82) is 0 Å². The Morgan fingerprint density at radius 3 is 1.50 bits per heavy atom. The summed E-state index contributed by atoms with van der Waals surface area (Å²) in [5, 5.41) is 15.8. The maximum absolute atomic E-state index is 12.4. The van der Waals surface area contributed by atoms with Crippen molar-refractivity contribution in [2.45, 2.75) is 75.9 Å². The van der Waals surface area contributed by atoms with E-state index in [0.29, 0.717) is 51.7 Å². The quantitative estimate of drug-likeness (QED) is 0.0444. The van der Waals surface area contributed by atoms with E-state index in [2.05, 4.69) is 31.5 Å². The molecule has 0 aliphatic rings. The van der Waals surface area contributed by atoms with Crippen LogP contribution in [0.15, 0.2) is 0 Å². The Morgan fingerprint density at radius 1 is 0.625 bits per heavy atom. The molecule has 14 heteroatoms. The van der Waals surface area contributed by atoms with Crippen LogP contribution in [0.1, 0.15) is 57.8 Å². The van der Waals surface area contributed by atoms with Crippen LogP contribution >= 0.6 is 22.6 Å². The van der Waals surface area contributed by atoms with Crippen LogP contribution in [0.3, 0.4) is 0 Å². The molecule has 0 fully saturated rings. The first kappa shape index (κ1) is 31.4. The molecule has 0 aromatic heterocycles. The van der Waals surface area contributed by atoms with Crippen LogP contribution in [0.25, 0.3) is 0 Å².